The van der Waals surface area contributed by atoms with Crippen molar-refractivity contribution in [3.05, 3.63) is 33.8 Å². The maximum absolute atomic E-state index is 5.86. The Balaban J connectivity index is 2.46. The summed E-state index contributed by atoms with van der Waals surface area (Å²) in [6, 6.07) is 6.53. The van der Waals surface area contributed by atoms with Crippen LogP contribution in [0.5, 0.6) is 0 Å². The fourth-order valence-corrected chi connectivity index (χ4v) is 2.59. The second-order valence-corrected chi connectivity index (χ2v) is 6.72. The Morgan fingerprint density at radius 1 is 1.25 bits per heavy atom. The minimum atomic E-state index is 0.333. The maximum Gasteiger partial charge on any atom is 0.0731 e. The average molecular weight is 342 g/mol. The molecule has 1 aromatic carbocycles. The predicted molar refractivity (Wildman–Crippen MR) is 89.8 cm³/mol. The lowest BCUT2D eigenvalue weighted by molar-refractivity contribution is 0.0468. The van der Waals surface area contributed by atoms with Crippen molar-refractivity contribution in [3.63, 3.8) is 0 Å². The van der Waals surface area contributed by atoms with E-state index in [9.17, 15) is 0 Å². The highest BCUT2D eigenvalue weighted by molar-refractivity contribution is 9.10. The van der Waals surface area contributed by atoms with Crippen LogP contribution in [0.25, 0.3) is 0 Å². The molecule has 0 aliphatic carbocycles. The monoisotopic (exact) mass is 341 g/mol. The van der Waals surface area contributed by atoms with Gasteiger partial charge in [-0.25, -0.2) is 0 Å². The SMILES string of the molecule is CCCC(C)OCc1ccc(CNCC(C)C)cc1Br. The number of hydrogen-bond acceptors (Lipinski definition) is 2. The van der Waals surface area contributed by atoms with Crippen LogP contribution in [0.4, 0.5) is 0 Å². The van der Waals surface area contributed by atoms with Crippen LogP contribution in [0.15, 0.2) is 22.7 Å². The Morgan fingerprint density at radius 2 is 2.00 bits per heavy atom. The molecule has 1 atom stereocenters. The molecule has 1 rings (SSSR count). The fraction of sp³-hybridized carbons (Fsp3) is 0.647. The van der Waals surface area contributed by atoms with Gasteiger partial charge in [0.05, 0.1) is 12.7 Å². The Hall–Kier alpha value is -0.380. The third-order valence-electron chi connectivity index (χ3n) is 3.22. The van der Waals surface area contributed by atoms with E-state index in [0.717, 1.165) is 24.0 Å². The van der Waals surface area contributed by atoms with Crippen molar-refractivity contribution in [2.75, 3.05) is 6.54 Å². The second-order valence-electron chi connectivity index (χ2n) is 5.86. The molecule has 0 heterocycles. The van der Waals surface area contributed by atoms with E-state index in [2.05, 4.69) is 67.1 Å². The van der Waals surface area contributed by atoms with Gasteiger partial charge in [0.15, 0.2) is 0 Å². The fourth-order valence-electron chi connectivity index (χ4n) is 2.04. The van der Waals surface area contributed by atoms with Gasteiger partial charge in [0.2, 0.25) is 0 Å². The molecule has 0 aliphatic rings. The van der Waals surface area contributed by atoms with Gasteiger partial charge in [-0.1, -0.05) is 55.3 Å². The average Bonchev–Trinajstić information content (AvgIpc) is 2.37. The summed E-state index contributed by atoms with van der Waals surface area (Å²) in [6.07, 6.45) is 2.62. The van der Waals surface area contributed by atoms with Gasteiger partial charge < -0.3 is 10.1 Å². The number of ether oxygens (including phenoxy) is 1. The summed E-state index contributed by atoms with van der Waals surface area (Å²) in [5.41, 5.74) is 2.53. The molecule has 1 aromatic rings. The first kappa shape index (κ1) is 17.7. The van der Waals surface area contributed by atoms with Gasteiger partial charge in [0.25, 0.3) is 0 Å². The zero-order valence-electron chi connectivity index (χ0n) is 13.2. The van der Waals surface area contributed by atoms with Crippen LogP contribution >= 0.6 is 15.9 Å². The van der Waals surface area contributed by atoms with E-state index in [1.165, 1.54) is 17.5 Å². The van der Waals surface area contributed by atoms with Crippen molar-refractivity contribution in [2.24, 2.45) is 5.92 Å². The minimum absolute atomic E-state index is 0.333. The lowest BCUT2D eigenvalue weighted by atomic mass is 10.1. The Morgan fingerprint density at radius 3 is 2.60 bits per heavy atom. The molecule has 2 nitrogen and oxygen atoms in total. The molecule has 0 aromatic heterocycles. The number of benzene rings is 1. The van der Waals surface area contributed by atoms with Gasteiger partial charge in [-0.2, -0.15) is 0 Å². The van der Waals surface area contributed by atoms with Crippen molar-refractivity contribution in [1.82, 2.24) is 5.32 Å². The lowest BCUT2D eigenvalue weighted by Crippen LogP contribution is -2.19. The van der Waals surface area contributed by atoms with Gasteiger partial charge in [-0.15, -0.1) is 0 Å². The summed E-state index contributed by atoms with van der Waals surface area (Å²) in [5.74, 6) is 0.686. The van der Waals surface area contributed by atoms with E-state index in [1.54, 1.807) is 0 Å². The van der Waals surface area contributed by atoms with Gasteiger partial charge in [0, 0.05) is 11.0 Å². The topological polar surface area (TPSA) is 21.3 Å². The van der Waals surface area contributed by atoms with Crippen LogP contribution in [-0.4, -0.2) is 12.6 Å². The van der Waals surface area contributed by atoms with Crippen molar-refractivity contribution in [2.45, 2.75) is 59.8 Å². The van der Waals surface area contributed by atoms with Crippen molar-refractivity contribution >= 4 is 15.9 Å². The lowest BCUT2D eigenvalue weighted by Gasteiger charge is -2.14. The van der Waals surface area contributed by atoms with E-state index < -0.39 is 0 Å². The largest absolute Gasteiger partial charge is 0.374 e. The zero-order valence-corrected chi connectivity index (χ0v) is 14.8. The minimum Gasteiger partial charge on any atom is -0.374 e. The maximum atomic E-state index is 5.86. The van der Waals surface area contributed by atoms with E-state index in [0.29, 0.717) is 18.6 Å². The third kappa shape index (κ3) is 6.87. The van der Waals surface area contributed by atoms with E-state index in [-0.39, 0.29) is 0 Å². The van der Waals surface area contributed by atoms with Crippen molar-refractivity contribution in [3.8, 4) is 0 Å². The highest BCUT2D eigenvalue weighted by atomic mass is 79.9. The molecule has 0 fully saturated rings. The summed E-state index contributed by atoms with van der Waals surface area (Å²) < 4.78 is 7.00. The standard InChI is InChI=1S/C17H28BrNO/c1-5-6-14(4)20-12-16-8-7-15(9-17(16)18)11-19-10-13(2)3/h7-9,13-14,19H,5-6,10-12H2,1-4H3. The molecule has 1 unspecified atom stereocenters. The molecule has 1 N–H and O–H groups in total. The highest BCUT2D eigenvalue weighted by Crippen LogP contribution is 2.20. The number of rotatable bonds is 9. The van der Waals surface area contributed by atoms with Gasteiger partial charge >= 0.3 is 0 Å². The van der Waals surface area contributed by atoms with Gasteiger partial charge in [-0.3, -0.25) is 0 Å². The number of hydrogen-bond donors (Lipinski definition) is 1. The van der Waals surface area contributed by atoms with E-state index in [4.69, 9.17) is 4.74 Å². The van der Waals surface area contributed by atoms with E-state index in [1.807, 2.05) is 0 Å². The smallest absolute Gasteiger partial charge is 0.0731 e. The molecular weight excluding hydrogens is 314 g/mol. The van der Waals surface area contributed by atoms with Crippen LogP contribution in [-0.2, 0) is 17.9 Å². The molecule has 0 aliphatic heterocycles. The first-order valence-electron chi connectivity index (χ1n) is 7.62. The van der Waals surface area contributed by atoms with Crippen LogP contribution < -0.4 is 5.32 Å². The molecule has 3 heteroatoms. The van der Waals surface area contributed by atoms with Crippen LogP contribution in [0, 0.1) is 5.92 Å². The molecular formula is C17H28BrNO. The second kappa shape index (κ2) is 9.54. The predicted octanol–water partition coefficient (Wildman–Crippen LogP) is 4.90. The highest BCUT2D eigenvalue weighted by Gasteiger charge is 2.05. The molecule has 0 amide bonds. The third-order valence-corrected chi connectivity index (χ3v) is 3.96. The molecule has 0 bridgehead atoms. The first-order valence-corrected chi connectivity index (χ1v) is 8.41. The van der Waals surface area contributed by atoms with E-state index >= 15 is 0 Å². The number of halogens is 1. The molecule has 0 saturated carbocycles. The van der Waals surface area contributed by atoms with Crippen LogP contribution in [0.3, 0.4) is 0 Å². The Kier molecular flexibility index (Phi) is 8.43. The summed E-state index contributed by atoms with van der Waals surface area (Å²) >= 11 is 3.65. The Labute approximate surface area is 132 Å². The molecule has 0 spiro atoms. The van der Waals surface area contributed by atoms with Crippen molar-refractivity contribution in [1.29, 1.82) is 0 Å². The van der Waals surface area contributed by atoms with Gasteiger partial charge in [0.1, 0.15) is 0 Å². The summed E-state index contributed by atoms with van der Waals surface area (Å²) in [4.78, 5) is 0. The Bertz CT molecular complexity index is 393. The number of nitrogens with one attached hydrogen (secondary N) is 1. The summed E-state index contributed by atoms with van der Waals surface area (Å²) in [5, 5.41) is 3.46. The van der Waals surface area contributed by atoms with Gasteiger partial charge in [-0.05, 0) is 43.0 Å². The van der Waals surface area contributed by atoms with Crippen molar-refractivity contribution < 1.29 is 4.74 Å². The van der Waals surface area contributed by atoms with Crippen LogP contribution in [0.1, 0.15) is 51.7 Å². The molecule has 0 saturated heterocycles. The first-order chi connectivity index (χ1) is 9.52. The molecule has 0 radical (unpaired) electrons. The quantitative estimate of drug-likeness (QED) is 0.689. The summed E-state index contributed by atoms with van der Waals surface area (Å²) in [7, 11) is 0. The van der Waals surface area contributed by atoms with Crippen LogP contribution in [0.2, 0.25) is 0 Å². The molecule has 114 valence electrons. The summed E-state index contributed by atoms with van der Waals surface area (Å²) in [6.45, 7) is 11.4. The zero-order chi connectivity index (χ0) is 15.0. The normalized spacial score (nSPS) is 12.9. The molecule has 20 heavy (non-hydrogen) atoms.